The number of nitrogen functional groups attached to an aromatic ring is 1. The number of benzene rings is 1. The smallest absolute Gasteiger partial charge is 0.264 e. The summed E-state index contributed by atoms with van der Waals surface area (Å²) in [5.41, 5.74) is 5.79. The zero-order valence-electron chi connectivity index (χ0n) is 8.21. The summed E-state index contributed by atoms with van der Waals surface area (Å²) in [5, 5.41) is 9.84. The van der Waals surface area contributed by atoms with Gasteiger partial charge in [0.2, 0.25) is 5.95 Å². The van der Waals surface area contributed by atoms with Crippen LogP contribution in [0, 0.1) is 0 Å². The molecule has 5 heteroatoms. The van der Waals surface area contributed by atoms with E-state index in [1.807, 2.05) is 0 Å². The lowest BCUT2D eigenvalue weighted by atomic mass is 10.2. The van der Waals surface area contributed by atoms with E-state index >= 15 is 0 Å². The molecule has 0 fully saturated rings. The number of aromatic nitrogens is 2. The van der Waals surface area contributed by atoms with Crippen LogP contribution in [0.3, 0.4) is 0 Å². The molecule has 1 aromatic carbocycles. The number of aliphatic hydroxyl groups is 1. The lowest BCUT2D eigenvalue weighted by molar-refractivity contribution is 0.123. The molecule has 0 saturated heterocycles. The highest BCUT2D eigenvalue weighted by Crippen LogP contribution is 2.11. The Morgan fingerprint density at radius 3 is 2.80 bits per heavy atom. The van der Waals surface area contributed by atoms with Crippen molar-refractivity contribution in [1.82, 2.24) is 9.55 Å². The van der Waals surface area contributed by atoms with E-state index in [-0.39, 0.29) is 11.5 Å². The quantitative estimate of drug-likeness (QED) is 0.709. The van der Waals surface area contributed by atoms with Gasteiger partial charge in [-0.2, -0.15) is 0 Å². The van der Waals surface area contributed by atoms with Crippen LogP contribution in [-0.2, 0) is 0 Å². The topological polar surface area (TPSA) is 81.1 Å². The molecule has 0 aliphatic rings. The minimum absolute atomic E-state index is 0.0219. The Morgan fingerprint density at radius 1 is 1.47 bits per heavy atom. The van der Waals surface area contributed by atoms with Gasteiger partial charge in [0.1, 0.15) is 6.23 Å². The summed E-state index contributed by atoms with van der Waals surface area (Å²) < 4.78 is 1.06. The Labute approximate surface area is 85.8 Å². The van der Waals surface area contributed by atoms with Crippen molar-refractivity contribution in [1.29, 1.82) is 0 Å². The van der Waals surface area contributed by atoms with Crippen LogP contribution < -0.4 is 11.3 Å². The molecular weight excluding hydrogens is 194 g/mol. The fraction of sp³-hybridized carbons (Fsp3) is 0.200. The lowest BCUT2D eigenvalue weighted by Gasteiger charge is -2.12. The van der Waals surface area contributed by atoms with Crippen molar-refractivity contribution >= 4 is 16.9 Å². The van der Waals surface area contributed by atoms with Gasteiger partial charge in [-0.15, -0.1) is 0 Å². The summed E-state index contributed by atoms with van der Waals surface area (Å²) in [5.74, 6) is 0.0219. The van der Waals surface area contributed by atoms with Gasteiger partial charge >= 0.3 is 0 Å². The van der Waals surface area contributed by atoms with Gasteiger partial charge in [0, 0.05) is 0 Å². The second kappa shape index (κ2) is 3.36. The van der Waals surface area contributed by atoms with Gasteiger partial charge in [-0.1, -0.05) is 12.1 Å². The van der Waals surface area contributed by atoms with Crippen LogP contribution in [0.2, 0.25) is 0 Å². The molecule has 0 saturated carbocycles. The normalized spacial score (nSPS) is 12.9. The third kappa shape index (κ3) is 1.46. The molecular formula is C10H11N3O2. The average Bonchev–Trinajstić information content (AvgIpc) is 2.17. The third-order valence-corrected chi connectivity index (χ3v) is 2.21. The molecule has 1 unspecified atom stereocenters. The van der Waals surface area contributed by atoms with Crippen LogP contribution in [-0.4, -0.2) is 14.7 Å². The third-order valence-electron chi connectivity index (χ3n) is 2.21. The first-order chi connectivity index (χ1) is 7.11. The molecule has 1 atom stereocenters. The molecule has 0 bridgehead atoms. The average molecular weight is 205 g/mol. The van der Waals surface area contributed by atoms with Gasteiger partial charge < -0.3 is 10.8 Å². The van der Waals surface area contributed by atoms with Crippen molar-refractivity contribution in [3.63, 3.8) is 0 Å². The van der Waals surface area contributed by atoms with E-state index in [1.165, 1.54) is 6.92 Å². The standard InChI is InChI=1S/C10H11N3O2/c1-6(14)13-9(15)7-4-2-3-5-8(7)12-10(13)11/h2-6,14H,1H3,(H2,11,12). The molecule has 78 valence electrons. The zero-order valence-corrected chi connectivity index (χ0v) is 8.21. The van der Waals surface area contributed by atoms with E-state index in [4.69, 9.17) is 5.73 Å². The zero-order chi connectivity index (χ0) is 11.0. The SMILES string of the molecule is CC(O)n1c(N)nc2ccccc2c1=O. The number of anilines is 1. The fourth-order valence-electron chi connectivity index (χ4n) is 1.52. The molecule has 0 spiro atoms. The van der Waals surface area contributed by atoms with Crippen LogP contribution in [0.5, 0.6) is 0 Å². The second-order valence-electron chi connectivity index (χ2n) is 3.29. The summed E-state index contributed by atoms with van der Waals surface area (Å²) in [6, 6.07) is 6.89. The molecule has 2 aromatic rings. The highest BCUT2D eigenvalue weighted by molar-refractivity contribution is 5.78. The first-order valence-electron chi connectivity index (χ1n) is 4.56. The number of aliphatic hydroxyl groups excluding tert-OH is 1. The number of nitrogens with two attached hydrogens (primary N) is 1. The number of fused-ring (bicyclic) bond motifs is 1. The lowest BCUT2D eigenvalue weighted by Crippen LogP contribution is -2.27. The summed E-state index contributed by atoms with van der Waals surface area (Å²) in [7, 11) is 0. The van der Waals surface area contributed by atoms with Crippen molar-refractivity contribution in [2.24, 2.45) is 0 Å². The van der Waals surface area contributed by atoms with Crippen molar-refractivity contribution < 1.29 is 5.11 Å². The first-order valence-corrected chi connectivity index (χ1v) is 4.56. The number of nitrogens with zero attached hydrogens (tertiary/aromatic N) is 2. The number of para-hydroxylation sites is 1. The van der Waals surface area contributed by atoms with Crippen molar-refractivity contribution in [3.05, 3.63) is 34.6 Å². The van der Waals surface area contributed by atoms with E-state index in [2.05, 4.69) is 4.98 Å². The van der Waals surface area contributed by atoms with E-state index < -0.39 is 6.23 Å². The highest BCUT2D eigenvalue weighted by Gasteiger charge is 2.11. The minimum Gasteiger partial charge on any atom is -0.373 e. The maximum absolute atomic E-state index is 11.9. The molecule has 0 aliphatic heterocycles. The molecule has 3 N–H and O–H groups in total. The van der Waals surface area contributed by atoms with E-state index in [0.717, 1.165) is 4.57 Å². The molecule has 0 amide bonds. The Hall–Kier alpha value is -1.88. The van der Waals surface area contributed by atoms with Gasteiger partial charge in [-0.05, 0) is 19.1 Å². The van der Waals surface area contributed by atoms with Crippen molar-refractivity contribution in [3.8, 4) is 0 Å². The monoisotopic (exact) mass is 205 g/mol. The highest BCUT2D eigenvalue weighted by atomic mass is 16.3. The van der Waals surface area contributed by atoms with Gasteiger partial charge in [0.25, 0.3) is 5.56 Å². The minimum atomic E-state index is -0.977. The van der Waals surface area contributed by atoms with Crippen LogP contribution in [0.25, 0.3) is 10.9 Å². The van der Waals surface area contributed by atoms with E-state index in [0.29, 0.717) is 10.9 Å². The molecule has 15 heavy (non-hydrogen) atoms. The molecule has 1 aromatic heterocycles. The largest absolute Gasteiger partial charge is 0.373 e. The Balaban J connectivity index is 2.91. The van der Waals surface area contributed by atoms with E-state index in [9.17, 15) is 9.90 Å². The van der Waals surface area contributed by atoms with Crippen LogP contribution in [0.1, 0.15) is 13.2 Å². The van der Waals surface area contributed by atoms with Gasteiger partial charge in [0.05, 0.1) is 10.9 Å². The molecule has 1 heterocycles. The van der Waals surface area contributed by atoms with Gasteiger partial charge in [-0.3, -0.25) is 9.36 Å². The predicted octanol–water partition coefficient (Wildman–Crippen LogP) is 0.490. The van der Waals surface area contributed by atoms with Gasteiger partial charge in [0.15, 0.2) is 0 Å². The Kier molecular flexibility index (Phi) is 2.17. The maximum Gasteiger partial charge on any atom is 0.264 e. The number of rotatable bonds is 1. The number of hydrogen-bond donors (Lipinski definition) is 2. The molecule has 2 rings (SSSR count). The summed E-state index contributed by atoms with van der Waals surface area (Å²) in [4.78, 5) is 15.9. The van der Waals surface area contributed by atoms with Crippen LogP contribution in [0.4, 0.5) is 5.95 Å². The Bertz CT molecular complexity index is 560. The molecule has 0 aliphatic carbocycles. The maximum atomic E-state index is 11.9. The first kappa shape index (κ1) is 9.67. The van der Waals surface area contributed by atoms with Crippen LogP contribution >= 0.6 is 0 Å². The Morgan fingerprint density at radius 2 is 2.13 bits per heavy atom. The summed E-state index contributed by atoms with van der Waals surface area (Å²) in [6.07, 6.45) is -0.977. The van der Waals surface area contributed by atoms with Crippen molar-refractivity contribution in [2.45, 2.75) is 13.2 Å². The van der Waals surface area contributed by atoms with E-state index in [1.54, 1.807) is 24.3 Å². The fourth-order valence-corrected chi connectivity index (χ4v) is 1.52. The summed E-state index contributed by atoms with van der Waals surface area (Å²) >= 11 is 0. The van der Waals surface area contributed by atoms with Gasteiger partial charge in [-0.25, -0.2) is 4.98 Å². The summed E-state index contributed by atoms with van der Waals surface area (Å²) in [6.45, 7) is 1.47. The molecule has 5 nitrogen and oxygen atoms in total. The van der Waals surface area contributed by atoms with Crippen molar-refractivity contribution in [2.75, 3.05) is 5.73 Å². The number of hydrogen-bond acceptors (Lipinski definition) is 4. The second-order valence-corrected chi connectivity index (χ2v) is 3.29. The predicted molar refractivity (Wildman–Crippen MR) is 57.3 cm³/mol. The van der Waals surface area contributed by atoms with Crippen LogP contribution in [0.15, 0.2) is 29.1 Å². The molecule has 0 radical (unpaired) electrons.